The fraction of sp³-hybridized carbons (Fsp3) is 0.318. The Morgan fingerprint density at radius 2 is 2.00 bits per heavy atom. The number of anilines is 1. The van der Waals surface area contributed by atoms with Gasteiger partial charge in [-0.2, -0.15) is 18.3 Å². The van der Waals surface area contributed by atoms with E-state index < -0.39 is 30.0 Å². The molecular weight excluding hydrogens is 426 g/mol. The first-order chi connectivity index (χ1) is 15.3. The third kappa shape index (κ3) is 4.30. The second kappa shape index (κ2) is 8.60. The Bertz CT molecular complexity index is 1110. The lowest BCUT2D eigenvalue weighted by Crippen LogP contribution is -2.36. The lowest BCUT2D eigenvalue weighted by atomic mass is 9.95. The molecule has 0 aliphatic carbocycles. The summed E-state index contributed by atoms with van der Waals surface area (Å²) in [6, 6.07) is 7.42. The third-order valence-corrected chi connectivity index (χ3v) is 5.52. The number of nitrogens with zero attached hydrogens (tertiary/aromatic N) is 3. The number of pyridine rings is 1. The highest BCUT2D eigenvalue weighted by atomic mass is 19.4. The molecule has 1 amide bonds. The molecular formula is C22H21F4N5O. The molecule has 0 spiro atoms. The van der Waals surface area contributed by atoms with Gasteiger partial charge in [0.05, 0.1) is 24.5 Å². The van der Waals surface area contributed by atoms with Crippen molar-refractivity contribution in [2.24, 2.45) is 0 Å². The van der Waals surface area contributed by atoms with Crippen molar-refractivity contribution in [1.29, 1.82) is 0 Å². The molecule has 10 heteroatoms. The van der Waals surface area contributed by atoms with Crippen molar-refractivity contribution in [2.45, 2.75) is 44.6 Å². The number of carbonyl (C=O) groups excluding carboxylic acids is 1. The lowest BCUT2D eigenvalue weighted by Gasteiger charge is -2.34. The Kier molecular flexibility index (Phi) is 5.86. The minimum atomic E-state index is -4.55. The van der Waals surface area contributed by atoms with Crippen LogP contribution in [0, 0.1) is 5.82 Å². The highest BCUT2D eigenvalue weighted by Gasteiger charge is 2.47. The quantitative estimate of drug-likeness (QED) is 0.562. The van der Waals surface area contributed by atoms with Crippen LogP contribution >= 0.6 is 0 Å². The van der Waals surface area contributed by atoms with E-state index >= 15 is 0 Å². The third-order valence-electron chi connectivity index (χ3n) is 5.52. The van der Waals surface area contributed by atoms with Crippen LogP contribution in [0.2, 0.25) is 0 Å². The maximum absolute atomic E-state index is 13.8. The van der Waals surface area contributed by atoms with E-state index in [0.717, 1.165) is 22.9 Å². The van der Waals surface area contributed by atoms with Crippen LogP contribution in [0.25, 0.3) is 0 Å². The maximum Gasteiger partial charge on any atom is 0.410 e. The van der Waals surface area contributed by atoms with Crippen molar-refractivity contribution < 1.29 is 22.4 Å². The van der Waals surface area contributed by atoms with E-state index in [1.165, 1.54) is 18.3 Å². The largest absolute Gasteiger partial charge is 0.410 e. The van der Waals surface area contributed by atoms with Gasteiger partial charge in [-0.15, -0.1) is 0 Å². The van der Waals surface area contributed by atoms with E-state index in [1.54, 1.807) is 12.1 Å². The molecule has 0 fully saturated rings. The van der Waals surface area contributed by atoms with Gasteiger partial charge in [-0.3, -0.25) is 9.78 Å². The van der Waals surface area contributed by atoms with Crippen molar-refractivity contribution in [3.8, 4) is 0 Å². The first-order valence-corrected chi connectivity index (χ1v) is 10.1. The zero-order chi connectivity index (χ0) is 22.9. The number of carbonyl (C=O) groups is 1. The highest BCUT2D eigenvalue weighted by Crippen LogP contribution is 2.44. The summed E-state index contributed by atoms with van der Waals surface area (Å²) in [5.74, 6) is -1.29. The standard InChI is InChI=1S/C22H21F4N5O/c1-2-13-5-7-14(8-6-13)17-10-19(22(24,25)26)31-20(30-17)15(11-29-31)21(32)28-12-18-16(23)4-3-9-27-18/h3-9,11,17,19,30H,2,10,12H2,1H3,(H,28,32). The molecule has 1 aliphatic rings. The Balaban J connectivity index is 1.61. The zero-order valence-corrected chi connectivity index (χ0v) is 17.2. The number of halogens is 4. The van der Waals surface area contributed by atoms with Gasteiger partial charge in [-0.25, -0.2) is 9.07 Å². The number of hydrogen-bond donors (Lipinski definition) is 2. The summed E-state index contributed by atoms with van der Waals surface area (Å²) < 4.78 is 56.0. The summed E-state index contributed by atoms with van der Waals surface area (Å²) >= 11 is 0. The molecule has 0 bridgehead atoms. The first-order valence-electron chi connectivity index (χ1n) is 10.1. The smallest absolute Gasteiger partial charge is 0.363 e. The molecule has 3 aromatic rings. The van der Waals surface area contributed by atoms with Gasteiger partial charge < -0.3 is 10.6 Å². The van der Waals surface area contributed by atoms with E-state index in [9.17, 15) is 22.4 Å². The Hall–Kier alpha value is -3.43. The van der Waals surface area contributed by atoms with Crippen molar-refractivity contribution in [3.05, 3.63) is 77.0 Å². The van der Waals surface area contributed by atoms with Gasteiger partial charge in [-0.05, 0) is 29.7 Å². The Morgan fingerprint density at radius 3 is 2.66 bits per heavy atom. The fourth-order valence-corrected chi connectivity index (χ4v) is 3.74. The van der Waals surface area contributed by atoms with Crippen molar-refractivity contribution in [3.63, 3.8) is 0 Å². The molecule has 6 nitrogen and oxygen atoms in total. The summed E-state index contributed by atoms with van der Waals surface area (Å²) in [5, 5.41) is 9.38. The van der Waals surface area contributed by atoms with E-state index in [4.69, 9.17) is 0 Å². The van der Waals surface area contributed by atoms with Gasteiger partial charge in [0.25, 0.3) is 5.91 Å². The summed E-state index contributed by atoms with van der Waals surface area (Å²) in [5.41, 5.74) is 1.73. The molecule has 2 aromatic heterocycles. The molecule has 168 valence electrons. The van der Waals surface area contributed by atoms with Gasteiger partial charge >= 0.3 is 6.18 Å². The molecule has 0 saturated heterocycles. The SMILES string of the molecule is CCc1ccc(C2CC(C(F)(F)F)n3ncc(C(=O)NCc4ncccc4F)c3N2)cc1. The van der Waals surface area contributed by atoms with Crippen LogP contribution in [0.1, 0.15) is 52.6 Å². The van der Waals surface area contributed by atoms with E-state index in [0.29, 0.717) is 5.56 Å². The number of hydrogen-bond acceptors (Lipinski definition) is 4. The number of amides is 1. The molecule has 2 unspecified atom stereocenters. The average Bonchev–Trinajstić information content (AvgIpc) is 3.21. The van der Waals surface area contributed by atoms with Crippen LogP contribution in [-0.4, -0.2) is 26.8 Å². The van der Waals surface area contributed by atoms with Crippen molar-refractivity contribution >= 4 is 11.7 Å². The molecule has 2 N–H and O–H groups in total. The number of aryl methyl sites for hydroxylation is 1. The second-order valence-corrected chi connectivity index (χ2v) is 7.55. The van der Waals surface area contributed by atoms with Gasteiger partial charge in [0.1, 0.15) is 17.2 Å². The predicted octanol–water partition coefficient (Wildman–Crippen LogP) is 4.57. The summed E-state index contributed by atoms with van der Waals surface area (Å²) in [6.07, 6.45) is -1.51. The monoisotopic (exact) mass is 447 g/mol. The second-order valence-electron chi connectivity index (χ2n) is 7.55. The first kappa shape index (κ1) is 21.8. The van der Waals surface area contributed by atoms with Gasteiger partial charge in [-0.1, -0.05) is 31.2 Å². The molecule has 1 aromatic carbocycles. The molecule has 4 rings (SSSR count). The molecule has 32 heavy (non-hydrogen) atoms. The number of aromatic nitrogens is 3. The van der Waals surface area contributed by atoms with Crippen molar-refractivity contribution in [1.82, 2.24) is 20.1 Å². The zero-order valence-electron chi connectivity index (χ0n) is 17.2. The number of fused-ring (bicyclic) bond motifs is 1. The Morgan fingerprint density at radius 1 is 1.25 bits per heavy atom. The van der Waals surface area contributed by atoms with Crippen LogP contribution in [0.3, 0.4) is 0 Å². The van der Waals surface area contributed by atoms with Gasteiger partial charge in [0.2, 0.25) is 0 Å². The molecule has 0 radical (unpaired) electrons. The van der Waals surface area contributed by atoms with Crippen LogP contribution in [0.15, 0.2) is 48.8 Å². The van der Waals surface area contributed by atoms with Crippen molar-refractivity contribution in [2.75, 3.05) is 5.32 Å². The van der Waals surface area contributed by atoms with Crippen LogP contribution < -0.4 is 10.6 Å². The predicted molar refractivity (Wildman–Crippen MR) is 109 cm³/mol. The normalized spacial score (nSPS) is 18.0. The van der Waals surface area contributed by atoms with Gasteiger partial charge in [0.15, 0.2) is 6.04 Å². The molecule has 1 aliphatic heterocycles. The summed E-state index contributed by atoms with van der Waals surface area (Å²) in [6.45, 7) is 1.79. The van der Waals surface area contributed by atoms with E-state index in [2.05, 4.69) is 20.7 Å². The Labute approximate surface area is 181 Å². The maximum atomic E-state index is 13.8. The average molecular weight is 447 g/mol. The number of rotatable bonds is 5. The molecule has 0 saturated carbocycles. The molecule has 2 atom stereocenters. The topological polar surface area (TPSA) is 71.8 Å². The molecule has 3 heterocycles. The number of alkyl halides is 3. The van der Waals surface area contributed by atoms with Crippen LogP contribution in [-0.2, 0) is 13.0 Å². The summed E-state index contributed by atoms with van der Waals surface area (Å²) in [7, 11) is 0. The summed E-state index contributed by atoms with van der Waals surface area (Å²) in [4.78, 5) is 16.6. The minimum absolute atomic E-state index is 0.0249. The van der Waals surface area contributed by atoms with E-state index in [-0.39, 0.29) is 30.0 Å². The highest BCUT2D eigenvalue weighted by molar-refractivity contribution is 5.98. The minimum Gasteiger partial charge on any atom is -0.363 e. The number of nitrogens with one attached hydrogen (secondary N) is 2. The van der Waals surface area contributed by atoms with Crippen LogP contribution in [0.4, 0.5) is 23.4 Å². The number of benzene rings is 1. The van der Waals surface area contributed by atoms with Gasteiger partial charge in [0, 0.05) is 12.6 Å². The van der Waals surface area contributed by atoms with Crippen LogP contribution in [0.5, 0.6) is 0 Å². The fourth-order valence-electron chi connectivity index (χ4n) is 3.74. The van der Waals surface area contributed by atoms with E-state index in [1.807, 2.05) is 19.1 Å². The lowest BCUT2D eigenvalue weighted by molar-refractivity contribution is -0.173.